The summed E-state index contributed by atoms with van der Waals surface area (Å²) in [5.41, 5.74) is 8.62. The van der Waals surface area contributed by atoms with Crippen LogP contribution in [0.1, 0.15) is 12.6 Å². The van der Waals surface area contributed by atoms with Crippen LogP contribution in [0.15, 0.2) is 172 Å². The van der Waals surface area contributed by atoms with Crippen LogP contribution in [0.25, 0.3) is 61.8 Å². The Hall–Kier alpha value is -8.50. The topological polar surface area (TPSA) is 102 Å². The van der Waals surface area contributed by atoms with Crippen LogP contribution in [-0.4, -0.2) is 21.7 Å². The van der Waals surface area contributed by atoms with Crippen LogP contribution in [0, 0.1) is 0 Å². The lowest BCUT2D eigenvalue weighted by molar-refractivity contribution is 0.477. The maximum Gasteiger partial charge on any atom is 0.247 e. The van der Waals surface area contributed by atoms with Crippen LogP contribution in [0.4, 0.5) is 40.0 Å². The van der Waals surface area contributed by atoms with Crippen LogP contribution in [-0.2, 0) is 0 Å². The Labute approximate surface area is 348 Å². The average Bonchev–Trinajstić information content (AvgIpc) is 3.93. The molecule has 0 unspecified atom stereocenters. The number of hydrogen-bond donors (Lipinski definition) is 0. The molecule has 10 nitrogen and oxygen atoms in total. The summed E-state index contributed by atoms with van der Waals surface area (Å²) in [5, 5.41) is 3.73. The SMILES string of the molecule is C=Nc1oc(-c2cc(N3c4ccccc4Oc4ccccc43)cc3c2ccc2c(-c4nc5cccnc5o4)cc(N4c5ccccc5Oc5ccccc54)cc23)nc1/C=C\C. The van der Waals surface area contributed by atoms with Crippen LogP contribution in [0.3, 0.4) is 0 Å². The number of para-hydroxylation sites is 8. The number of hydrogen-bond acceptors (Lipinski definition) is 10. The Kier molecular flexibility index (Phi) is 7.66. The largest absolute Gasteiger partial charge is 0.453 e. The van der Waals surface area contributed by atoms with Gasteiger partial charge in [0.05, 0.1) is 22.7 Å². The Bertz CT molecular complexity index is 3340. The van der Waals surface area contributed by atoms with Gasteiger partial charge in [0.1, 0.15) is 11.2 Å². The van der Waals surface area contributed by atoms with Crippen molar-refractivity contribution >= 4 is 85.6 Å². The summed E-state index contributed by atoms with van der Waals surface area (Å²) in [7, 11) is 0. The van der Waals surface area contributed by atoms with Crippen molar-refractivity contribution in [3.05, 3.63) is 164 Å². The van der Waals surface area contributed by atoms with E-state index in [0.29, 0.717) is 34.6 Å². The molecule has 61 heavy (non-hydrogen) atoms. The zero-order valence-electron chi connectivity index (χ0n) is 32.6. The maximum absolute atomic E-state index is 6.46. The Morgan fingerprint density at radius 1 is 0.541 bits per heavy atom. The average molecular weight is 793 g/mol. The molecule has 2 aliphatic heterocycles. The van der Waals surface area contributed by atoms with Gasteiger partial charge in [0.15, 0.2) is 23.0 Å². The van der Waals surface area contributed by atoms with E-state index in [2.05, 4.69) is 87.2 Å². The molecule has 5 heterocycles. The summed E-state index contributed by atoms with van der Waals surface area (Å²) in [6.07, 6.45) is 5.49. The van der Waals surface area contributed by atoms with Gasteiger partial charge in [0, 0.05) is 28.7 Å². The summed E-state index contributed by atoms with van der Waals surface area (Å²) >= 11 is 0. The number of benzene rings is 7. The van der Waals surface area contributed by atoms with Crippen LogP contribution < -0.4 is 19.3 Å². The molecule has 0 saturated carbocycles. The lowest BCUT2D eigenvalue weighted by Crippen LogP contribution is -2.16. The van der Waals surface area contributed by atoms with Crippen LogP contribution in [0.5, 0.6) is 23.0 Å². The van der Waals surface area contributed by atoms with Gasteiger partial charge in [-0.3, -0.25) is 0 Å². The van der Waals surface area contributed by atoms with Gasteiger partial charge in [0.2, 0.25) is 23.4 Å². The smallest absolute Gasteiger partial charge is 0.247 e. The maximum atomic E-state index is 6.46. The molecule has 0 aliphatic carbocycles. The molecule has 0 fully saturated rings. The third-order valence-corrected chi connectivity index (χ3v) is 11.1. The van der Waals surface area contributed by atoms with E-state index < -0.39 is 0 Å². The molecule has 7 aromatic carbocycles. The fourth-order valence-electron chi connectivity index (χ4n) is 8.53. The molecule has 0 spiro atoms. The van der Waals surface area contributed by atoms with E-state index in [0.717, 1.165) is 89.8 Å². The van der Waals surface area contributed by atoms with Gasteiger partial charge in [-0.05, 0) is 126 Å². The molecular formula is C51H32N6O4. The number of oxazole rings is 2. The minimum Gasteiger partial charge on any atom is -0.453 e. The highest BCUT2D eigenvalue weighted by atomic mass is 16.5. The van der Waals surface area contributed by atoms with Gasteiger partial charge in [-0.2, -0.15) is 0 Å². The van der Waals surface area contributed by atoms with Crippen molar-refractivity contribution in [2.45, 2.75) is 6.92 Å². The van der Waals surface area contributed by atoms with Crippen LogP contribution >= 0.6 is 0 Å². The second-order valence-corrected chi connectivity index (χ2v) is 14.7. The Morgan fingerprint density at radius 3 is 1.51 bits per heavy atom. The number of nitrogens with zero attached hydrogens (tertiary/aromatic N) is 6. The number of pyridine rings is 1. The molecule has 0 amide bonds. The lowest BCUT2D eigenvalue weighted by Gasteiger charge is -2.33. The second kappa shape index (κ2) is 13.5. The van der Waals surface area contributed by atoms with E-state index in [1.165, 1.54) is 0 Å². The van der Waals surface area contributed by atoms with Crippen molar-refractivity contribution in [2.24, 2.45) is 4.99 Å². The van der Waals surface area contributed by atoms with Gasteiger partial charge in [0.25, 0.3) is 0 Å². The van der Waals surface area contributed by atoms with Crippen molar-refractivity contribution in [1.29, 1.82) is 0 Å². The standard InChI is InChI=1S/C51H32N6O4/c1-3-13-38-50(52-2)60-48(54-38)36-28-30(56-40-15-4-8-19-44(40)58-45-20-9-5-16-41(45)56)26-34-32(36)23-24-33-35(34)27-31(29-37(33)49-55-39-14-12-25-53-51(39)61-49)57-42-17-6-10-21-46(42)59-47-22-11-7-18-43(47)57/h3-29H,2H2,1H3/b13-3-. The van der Waals surface area contributed by atoms with E-state index in [-0.39, 0.29) is 0 Å². The first-order chi connectivity index (χ1) is 30.1. The highest BCUT2D eigenvalue weighted by Crippen LogP contribution is 2.54. The van der Waals surface area contributed by atoms with Gasteiger partial charge < -0.3 is 28.1 Å². The number of aromatic nitrogens is 3. The highest BCUT2D eigenvalue weighted by Gasteiger charge is 2.30. The van der Waals surface area contributed by atoms with Crippen molar-refractivity contribution in [3.63, 3.8) is 0 Å². The molecule has 0 radical (unpaired) electrons. The number of allylic oxidation sites excluding steroid dienone is 1. The number of rotatable bonds is 6. The van der Waals surface area contributed by atoms with Gasteiger partial charge >= 0.3 is 0 Å². The summed E-state index contributed by atoms with van der Waals surface area (Å²) in [5.74, 6) is 4.17. The first kappa shape index (κ1) is 34.5. The molecule has 10 aromatic rings. The third kappa shape index (κ3) is 5.43. The summed E-state index contributed by atoms with van der Waals surface area (Å²) in [6.45, 7) is 5.73. The lowest BCUT2D eigenvalue weighted by atomic mass is 9.93. The van der Waals surface area contributed by atoms with Crippen LogP contribution in [0.2, 0.25) is 0 Å². The zero-order valence-corrected chi connectivity index (χ0v) is 32.6. The first-order valence-corrected chi connectivity index (χ1v) is 19.8. The second-order valence-electron chi connectivity index (χ2n) is 14.7. The summed E-state index contributed by atoms with van der Waals surface area (Å²) < 4.78 is 25.8. The minimum atomic E-state index is 0.341. The monoisotopic (exact) mass is 792 g/mol. The fraction of sp³-hybridized carbons (Fsp3) is 0.0196. The zero-order chi connectivity index (χ0) is 40.6. The molecule has 0 bridgehead atoms. The van der Waals surface area contributed by atoms with Crippen molar-refractivity contribution < 1.29 is 18.3 Å². The van der Waals surface area contributed by atoms with Gasteiger partial charge in [-0.15, -0.1) is 0 Å². The normalized spacial score (nSPS) is 12.9. The third-order valence-electron chi connectivity index (χ3n) is 11.1. The molecule has 290 valence electrons. The number of ether oxygens (including phenoxy) is 2. The predicted octanol–water partition coefficient (Wildman–Crippen LogP) is 14.4. The fourth-order valence-corrected chi connectivity index (χ4v) is 8.53. The minimum absolute atomic E-state index is 0.341. The van der Waals surface area contributed by atoms with Crippen molar-refractivity contribution in [3.8, 4) is 45.9 Å². The summed E-state index contributed by atoms with van der Waals surface area (Å²) in [6, 6.07) is 49.0. The number of fused-ring (bicyclic) bond motifs is 8. The molecular weight excluding hydrogens is 761 g/mol. The molecule has 2 aliphatic rings. The molecule has 12 rings (SSSR count). The highest BCUT2D eigenvalue weighted by molar-refractivity contribution is 6.18. The number of aliphatic imine (C=N–C) groups is 1. The van der Waals surface area contributed by atoms with E-state index in [1.807, 2.05) is 104 Å². The number of anilines is 6. The van der Waals surface area contributed by atoms with E-state index >= 15 is 0 Å². The van der Waals surface area contributed by atoms with Crippen molar-refractivity contribution in [1.82, 2.24) is 15.0 Å². The molecule has 3 aromatic heterocycles. The Morgan fingerprint density at radius 2 is 1.03 bits per heavy atom. The summed E-state index contributed by atoms with van der Waals surface area (Å²) in [4.78, 5) is 23.1. The first-order valence-electron chi connectivity index (χ1n) is 19.8. The quantitative estimate of drug-likeness (QED) is 0.120. The predicted molar refractivity (Wildman–Crippen MR) is 241 cm³/mol. The van der Waals surface area contributed by atoms with E-state index in [1.54, 1.807) is 6.20 Å². The van der Waals surface area contributed by atoms with Gasteiger partial charge in [-0.25, -0.2) is 19.9 Å². The van der Waals surface area contributed by atoms with Gasteiger partial charge in [-0.1, -0.05) is 66.7 Å². The molecule has 10 heteroatoms. The molecule has 0 atom stereocenters. The molecule has 0 saturated heterocycles. The van der Waals surface area contributed by atoms with E-state index in [9.17, 15) is 0 Å². The Balaban J connectivity index is 1.21. The molecule has 0 N–H and O–H groups in total. The van der Waals surface area contributed by atoms with E-state index in [4.69, 9.17) is 28.3 Å². The van der Waals surface area contributed by atoms with Crippen molar-refractivity contribution in [2.75, 3.05) is 9.80 Å².